The molecule has 1 aliphatic carbocycles. The molecule has 0 saturated heterocycles. The van der Waals surface area contributed by atoms with Crippen LogP contribution in [-0.2, 0) is 4.79 Å². The number of hydrogen-bond acceptors (Lipinski definition) is 1. The number of rotatable bonds is 2. The van der Waals surface area contributed by atoms with Crippen molar-refractivity contribution in [1.29, 1.82) is 0 Å². The van der Waals surface area contributed by atoms with Crippen molar-refractivity contribution in [2.75, 3.05) is 0 Å². The quantitative estimate of drug-likeness (QED) is 0.688. The lowest BCUT2D eigenvalue weighted by Crippen LogP contribution is -2.35. The molecule has 0 spiro atoms. The highest BCUT2D eigenvalue weighted by atomic mass is 16.4. The summed E-state index contributed by atoms with van der Waals surface area (Å²) in [5.41, 5.74) is 1.01. The molecule has 0 aliphatic heterocycles. The Morgan fingerprint density at radius 2 is 2.00 bits per heavy atom. The molecule has 1 fully saturated rings. The van der Waals surface area contributed by atoms with E-state index in [1.165, 1.54) is 0 Å². The van der Waals surface area contributed by atoms with Gasteiger partial charge in [0.2, 0.25) is 0 Å². The molecule has 0 aromatic carbocycles. The van der Waals surface area contributed by atoms with Crippen LogP contribution >= 0.6 is 0 Å². The summed E-state index contributed by atoms with van der Waals surface area (Å²) in [5.74, 6) is -0.716. The van der Waals surface area contributed by atoms with Crippen LogP contribution in [0.15, 0.2) is 12.2 Å². The highest BCUT2D eigenvalue weighted by Crippen LogP contribution is 2.51. The Labute approximate surface area is 86.0 Å². The van der Waals surface area contributed by atoms with Crippen molar-refractivity contribution in [3.63, 3.8) is 0 Å². The number of aliphatic carboxylic acids is 1. The Morgan fingerprint density at radius 1 is 1.43 bits per heavy atom. The van der Waals surface area contributed by atoms with Crippen LogP contribution in [0.4, 0.5) is 0 Å². The second kappa shape index (κ2) is 3.41. The number of allylic oxidation sites excluding steroid dienone is 1. The maximum absolute atomic E-state index is 10.8. The Hall–Kier alpha value is -0.790. The third kappa shape index (κ3) is 1.99. The zero-order valence-corrected chi connectivity index (χ0v) is 9.39. The molecule has 80 valence electrons. The highest BCUT2D eigenvalue weighted by molar-refractivity contribution is 5.68. The van der Waals surface area contributed by atoms with Gasteiger partial charge < -0.3 is 5.11 Å². The third-order valence-corrected chi connectivity index (χ3v) is 3.62. The maximum Gasteiger partial charge on any atom is 0.304 e. The zero-order chi connectivity index (χ0) is 11.0. The first kappa shape index (κ1) is 11.3. The van der Waals surface area contributed by atoms with E-state index in [0.717, 1.165) is 24.8 Å². The van der Waals surface area contributed by atoms with E-state index in [9.17, 15) is 4.79 Å². The molecule has 0 aromatic heterocycles. The van der Waals surface area contributed by atoms with E-state index < -0.39 is 5.97 Å². The summed E-state index contributed by atoms with van der Waals surface area (Å²) in [7, 11) is 0. The maximum atomic E-state index is 10.8. The largest absolute Gasteiger partial charge is 0.481 e. The second-order valence-corrected chi connectivity index (χ2v) is 5.35. The van der Waals surface area contributed by atoms with E-state index in [-0.39, 0.29) is 17.3 Å². The molecular weight excluding hydrogens is 176 g/mol. The molecule has 0 aromatic rings. The number of carboxylic acid groups (broad SMARTS) is 1. The molecule has 1 rings (SSSR count). The van der Waals surface area contributed by atoms with Crippen molar-refractivity contribution < 1.29 is 9.90 Å². The van der Waals surface area contributed by atoms with Gasteiger partial charge in [-0.1, -0.05) is 39.3 Å². The number of hydrogen-bond donors (Lipinski definition) is 1. The molecule has 14 heavy (non-hydrogen) atoms. The summed E-state index contributed by atoms with van der Waals surface area (Å²) in [6.07, 6.45) is 3.41. The fourth-order valence-electron chi connectivity index (χ4n) is 2.57. The van der Waals surface area contributed by atoms with Gasteiger partial charge in [-0.2, -0.15) is 0 Å². The zero-order valence-electron chi connectivity index (χ0n) is 9.39. The minimum absolute atomic E-state index is 0.0997. The van der Waals surface area contributed by atoms with E-state index in [2.05, 4.69) is 20.4 Å². The van der Waals surface area contributed by atoms with Crippen LogP contribution in [0.2, 0.25) is 0 Å². The summed E-state index contributed by atoms with van der Waals surface area (Å²) in [5, 5.41) is 8.88. The topological polar surface area (TPSA) is 37.3 Å². The first-order chi connectivity index (χ1) is 6.28. The normalized spacial score (nSPS) is 31.5. The lowest BCUT2D eigenvalue weighted by molar-refractivity contribution is -0.139. The summed E-state index contributed by atoms with van der Waals surface area (Å²) >= 11 is 0. The monoisotopic (exact) mass is 196 g/mol. The van der Waals surface area contributed by atoms with Gasteiger partial charge in [-0.05, 0) is 23.7 Å². The van der Waals surface area contributed by atoms with Crippen LogP contribution in [0.25, 0.3) is 0 Å². The fraction of sp³-hybridized carbons (Fsp3) is 0.750. The molecule has 1 unspecified atom stereocenters. The molecular formula is C12H20O2. The predicted octanol–water partition coefficient (Wildman–Crippen LogP) is 3.23. The van der Waals surface area contributed by atoms with Gasteiger partial charge in [0.05, 0.1) is 6.42 Å². The van der Waals surface area contributed by atoms with Crippen molar-refractivity contribution in [2.24, 2.45) is 10.8 Å². The molecule has 0 radical (unpaired) electrons. The van der Waals surface area contributed by atoms with Crippen molar-refractivity contribution in [1.82, 2.24) is 0 Å². The Balaban J connectivity index is 2.88. The minimum atomic E-state index is -0.716. The van der Waals surface area contributed by atoms with Crippen LogP contribution in [-0.4, -0.2) is 11.1 Å². The molecule has 2 heteroatoms. The van der Waals surface area contributed by atoms with Gasteiger partial charge in [0.1, 0.15) is 0 Å². The number of carbonyl (C=O) groups is 1. The smallest absolute Gasteiger partial charge is 0.304 e. The summed E-state index contributed by atoms with van der Waals surface area (Å²) in [6, 6.07) is 0. The molecule has 1 N–H and O–H groups in total. The van der Waals surface area contributed by atoms with Crippen LogP contribution in [0, 0.1) is 10.8 Å². The second-order valence-electron chi connectivity index (χ2n) is 5.35. The predicted molar refractivity (Wildman–Crippen MR) is 57.1 cm³/mol. The lowest BCUT2D eigenvalue weighted by atomic mass is 9.60. The van der Waals surface area contributed by atoms with Gasteiger partial charge in [0, 0.05) is 0 Å². The van der Waals surface area contributed by atoms with Gasteiger partial charge >= 0.3 is 5.97 Å². The first-order valence-corrected chi connectivity index (χ1v) is 5.20. The Morgan fingerprint density at radius 3 is 2.50 bits per heavy atom. The Bertz CT molecular complexity index is 265. The molecule has 0 bridgehead atoms. The fourth-order valence-corrected chi connectivity index (χ4v) is 2.57. The van der Waals surface area contributed by atoms with E-state index in [0.29, 0.717) is 0 Å². The van der Waals surface area contributed by atoms with E-state index in [1.807, 2.05) is 6.92 Å². The van der Waals surface area contributed by atoms with Gasteiger partial charge in [-0.15, -0.1) is 0 Å². The minimum Gasteiger partial charge on any atom is -0.481 e. The average Bonchev–Trinajstić information content (AvgIpc) is 1.98. The van der Waals surface area contributed by atoms with Crippen molar-refractivity contribution >= 4 is 5.97 Å². The molecule has 0 heterocycles. The molecule has 0 amide bonds. The van der Waals surface area contributed by atoms with Crippen LogP contribution in [0.1, 0.15) is 46.5 Å². The van der Waals surface area contributed by atoms with Crippen LogP contribution in [0.3, 0.4) is 0 Å². The molecule has 1 aliphatic rings. The van der Waals surface area contributed by atoms with Crippen LogP contribution in [0.5, 0.6) is 0 Å². The molecule has 1 atom stereocenters. The first-order valence-electron chi connectivity index (χ1n) is 5.20. The lowest BCUT2D eigenvalue weighted by Gasteiger charge is -2.44. The number of carboxylic acids is 1. The van der Waals surface area contributed by atoms with Gasteiger partial charge in [0.25, 0.3) is 0 Å². The van der Waals surface area contributed by atoms with E-state index in [4.69, 9.17) is 5.11 Å². The molecule has 1 saturated carbocycles. The van der Waals surface area contributed by atoms with E-state index >= 15 is 0 Å². The van der Waals surface area contributed by atoms with Crippen LogP contribution < -0.4 is 0 Å². The summed E-state index contributed by atoms with van der Waals surface area (Å²) in [4.78, 5) is 10.8. The molecule has 2 nitrogen and oxygen atoms in total. The summed E-state index contributed by atoms with van der Waals surface area (Å²) < 4.78 is 0. The highest BCUT2D eigenvalue weighted by Gasteiger charge is 2.41. The SMILES string of the molecule is C=C1C(C)(C)CCCC1(C)CC(=O)O. The Kier molecular flexibility index (Phi) is 2.75. The summed E-state index contributed by atoms with van der Waals surface area (Å²) in [6.45, 7) is 10.5. The van der Waals surface area contributed by atoms with Crippen molar-refractivity contribution in [3.05, 3.63) is 12.2 Å². The third-order valence-electron chi connectivity index (χ3n) is 3.62. The average molecular weight is 196 g/mol. The van der Waals surface area contributed by atoms with E-state index in [1.54, 1.807) is 0 Å². The van der Waals surface area contributed by atoms with Gasteiger partial charge in [-0.3, -0.25) is 4.79 Å². The standard InChI is InChI=1S/C12H20O2/c1-9-11(2,3)6-5-7-12(9,4)8-10(13)14/h1,5-8H2,2-4H3,(H,13,14). The van der Waals surface area contributed by atoms with Crippen molar-refractivity contribution in [2.45, 2.75) is 46.5 Å². The van der Waals surface area contributed by atoms with Gasteiger partial charge in [0.15, 0.2) is 0 Å². The van der Waals surface area contributed by atoms with Crippen molar-refractivity contribution in [3.8, 4) is 0 Å². The van der Waals surface area contributed by atoms with Gasteiger partial charge in [-0.25, -0.2) is 0 Å².